The fourth-order valence-corrected chi connectivity index (χ4v) is 5.18. The number of carbonyl (C=O) groups excluding carboxylic acids is 2. The molecule has 4 aromatic rings. The number of carbonyl (C=O) groups is 3. The smallest absolute Gasteiger partial charge is 0.326 e. The molecule has 1 aromatic heterocycles. The van der Waals surface area contributed by atoms with Crippen LogP contribution < -0.4 is 5.32 Å². The van der Waals surface area contributed by atoms with Crippen molar-refractivity contribution in [1.82, 2.24) is 15.2 Å². The topological polar surface area (TPSA) is 103 Å². The van der Waals surface area contributed by atoms with Crippen molar-refractivity contribution in [3.8, 4) is 0 Å². The van der Waals surface area contributed by atoms with E-state index in [1.807, 2.05) is 84.9 Å². The van der Waals surface area contributed by atoms with Crippen molar-refractivity contribution in [1.29, 1.82) is 0 Å². The summed E-state index contributed by atoms with van der Waals surface area (Å²) in [6, 6.07) is 25.1. The third kappa shape index (κ3) is 5.47. The highest BCUT2D eigenvalue weighted by molar-refractivity contribution is 5.92. The number of amides is 2. The molecule has 0 unspecified atom stereocenters. The quantitative estimate of drug-likeness (QED) is 0.299. The molecule has 1 heterocycles. The van der Waals surface area contributed by atoms with Gasteiger partial charge < -0.3 is 20.3 Å². The van der Waals surface area contributed by atoms with Crippen molar-refractivity contribution >= 4 is 28.7 Å². The number of para-hydroxylation sites is 1. The van der Waals surface area contributed by atoms with E-state index < -0.39 is 24.0 Å². The van der Waals surface area contributed by atoms with Crippen LogP contribution in [0.5, 0.6) is 0 Å². The summed E-state index contributed by atoms with van der Waals surface area (Å²) in [4.78, 5) is 43.9. The summed E-state index contributed by atoms with van der Waals surface area (Å²) in [5.74, 6) is -1.75. The molecule has 0 saturated heterocycles. The van der Waals surface area contributed by atoms with Gasteiger partial charge in [0.1, 0.15) is 12.1 Å². The van der Waals surface area contributed by atoms with Crippen molar-refractivity contribution < 1.29 is 19.5 Å². The highest BCUT2D eigenvalue weighted by Gasteiger charge is 2.47. The van der Waals surface area contributed by atoms with Crippen LogP contribution in [-0.4, -0.2) is 51.9 Å². The van der Waals surface area contributed by atoms with Crippen molar-refractivity contribution in [2.24, 2.45) is 5.92 Å². The Hall–Kier alpha value is -4.39. The number of hydrogen-bond donors (Lipinski definition) is 3. The van der Waals surface area contributed by atoms with E-state index in [-0.39, 0.29) is 30.6 Å². The van der Waals surface area contributed by atoms with Gasteiger partial charge in [-0.1, -0.05) is 78.9 Å². The van der Waals surface area contributed by atoms with Gasteiger partial charge in [0, 0.05) is 42.9 Å². The lowest BCUT2D eigenvalue weighted by Crippen LogP contribution is -2.53. The van der Waals surface area contributed by atoms with Crippen molar-refractivity contribution in [2.45, 2.75) is 37.3 Å². The Kier molecular flexibility index (Phi) is 7.26. The molecule has 5 rings (SSSR count). The summed E-state index contributed by atoms with van der Waals surface area (Å²) in [5.41, 5.74) is 3.72. The highest BCUT2D eigenvalue weighted by atomic mass is 16.4. The molecular formula is C31H31N3O4. The summed E-state index contributed by atoms with van der Waals surface area (Å²) in [6.07, 6.45) is 2.93. The predicted octanol–water partition coefficient (Wildman–Crippen LogP) is 4.15. The average molecular weight is 510 g/mol. The number of H-pyrrole nitrogens is 1. The molecule has 38 heavy (non-hydrogen) atoms. The van der Waals surface area contributed by atoms with Gasteiger partial charge in [0.05, 0.1) is 0 Å². The van der Waals surface area contributed by atoms with E-state index in [0.29, 0.717) is 0 Å². The van der Waals surface area contributed by atoms with Gasteiger partial charge in [-0.2, -0.15) is 0 Å². The minimum atomic E-state index is -1.14. The number of nitrogens with one attached hydrogen (secondary N) is 2. The number of hydrogen-bond acceptors (Lipinski definition) is 3. The molecule has 3 N–H and O–H groups in total. The van der Waals surface area contributed by atoms with Gasteiger partial charge in [-0.05, 0) is 35.1 Å². The number of carboxylic acid groups (broad SMARTS) is 1. The van der Waals surface area contributed by atoms with E-state index in [1.54, 1.807) is 13.2 Å². The second-order valence-corrected chi connectivity index (χ2v) is 9.98. The van der Waals surface area contributed by atoms with Gasteiger partial charge in [0.2, 0.25) is 11.8 Å². The number of aromatic amines is 1. The maximum atomic E-state index is 13.6. The van der Waals surface area contributed by atoms with Crippen molar-refractivity contribution in [3.63, 3.8) is 0 Å². The summed E-state index contributed by atoms with van der Waals surface area (Å²) >= 11 is 0. The fraction of sp³-hybridized carbons (Fsp3) is 0.258. The Bertz CT molecular complexity index is 1430. The lowest BCUT2D eigenvalue weighted by molar-refractivity contribution is -0.144. The minimum absolute atomic E-state index is 0.0987. The van der Waals surface area contributed by atoms with Crippen molar-refractivity contribution in [3.05, 3.63) is 108 Å². The number of aromatic nitrogens is 1. The number of nitrogens with zero attached hydrogens (tertiary/aromatic N) is 1. The van der Waals surface area contributed by atoms with Crippen LogP contribution in [0.15, 0.2) is 91.1 Å². The van der Waals surface area contributed by atoms with Gasteiger partial charge in [-0.15, -0.1) is 0 Å². The van der Waals surface area contributed by atoms with E-state index in [9.17, 15) is 19.5 Å². The Labute approximate surface area is 221 Å². The Balaban J connectivity index is 1.34. The summed E-state index contributed by atoms with van der Waals surface area (Å²) < 4.78 is 0. The molecule has 194 valence electrons. The van der Waals surface area contributed by atoms with E-state index in [0.717, 1.165) is 34.0 Å². The number of aliphatic carboxylic acids is 1. The van der Waals surface area contributed by atoms with E-state index in [1.165, 1.54) is 4.90 Å². The normalized spacial score (nSPS) is 17.9. The Morgan fingerprint density at radius 1 is 0.947 bits per heavy atom. The summed E-state index contributed by atoms with van der Waals surface area (Å²) in [5, 5.41) is 13.6. The van der Waals surface area contributed by atoms with Gasteiger partial charge in [0.25, 0.3) is 0 Å². The van der Waals surface area contributed by atoms with Crippen molar-refractivity contribution in [2.75, 3.05) is 7.05 Å². The van der Waals surface area contributed by atoms with Gasteiger partial charge in [0.15, 0.2) is 0 Å². The molecule has 1 fully saturated rings. The maximum Gasteiger partial charge on any atom is 0.326 e. The highest BCUT2D eigenvalue weighted by Crippen LogP contribution is 2.48. The Morgan fingerprint density at radius 2 is 1.61 bits per heavy atom. The number of likely N-dealkylation sites (N-methyl/N-ethyl adjacent to an activating group) is 1. The molecule has 1 aliphatic rings. The molecule has 1 saturated carbocycles. The first-order valence-corrected chi connectivity index (χ1v) is 12.9. The third-order valence-electron chi connectivity index (χ3n) is 7.44. The SMILES string of the molecule is CN(C(=O)[C@@H]1C[C@H]1c1ccccc1)[C@@H](Cc1ccccc1)C(=O)N[C@@H](Cc1c[nH]c2ccccc12)C(=O)O. The minimum Gasteiger partial charge on any atom is -0.480 e. The largest absolute Gasteiger partial charge is 0.480 e. The maximum absolute atomic E-state index is 13.6. The second-order valence-electron chi connectivity index (χ2n) is 9.98. The first-order valence-electron chi connectivity index (χ1n) is 12.9. The molecule has 1 aliphatic carbocycles. The number of fused-ring (bicyclic) bond motifs is 1. The monoisotopic (exact) mass is 509 g/mol. The first-order chi connectivity index (χ1) is 18.4. The molecular weight excluding hydrogens is 478 g/mol. The number of rotatable bonds is 10. The third-order valence-corrected chi connectivity index (χ3v) is 7.44. The first kappa shape index (κ1) is 25.3. The van der Waals surface area contributed by atoms with Crippen LogP contribution in [0.25, 0.3) is 10.9 Å². The van der Waals surface area contributed by atoms with Crippen LogP contribution in [0.4, 0.5) is 0 Å². The molecule has 0 bridgehead atoms. The zero-order valence-electron chi connectivity index (χ0n) is 21.2. The predicted molar refractivity (Wildman–Crippen MR) is 146 cm³/mol. The molecule has 3 aromatic carbocycles. The van der Waals surface area contributed by atoms with Crippen LogP contribution in [0.2, 0.25) is 0 Å². The van der Waals surface area contributed by atoms with Crippen LogP contribution in [0, 0.1) is 5.92 Å². The van der Waals surface area contributed by atoms with Gasteiger partial charge in [-0.25, -0.2) is 4.79 Å². The molecule has 7 nitrogen and oxygen atoms in total. The fourth-order valence-electron chi connectivity index (χ4n) is 5.18. The van der Waals surface area contributed by atoms with E-state index in [4.69, 9.17) is 0 Å². The Morgan fingerprint density at radius 3 is 2.32 bits per heavy atom. The lowest BCUT2D eigenvalue weighted by Gasteiger charge is -2.29. The van der Waals surface area contributed by atoms with Crippen LogP contribution in [-0.2, 0) is 27.2 Å². The second kappa shape index (κ2) is 10.9. The number of carboxylic acids is 1. The molecule has 0 aliphatic heterocycles. The van der Waals surface area contributed by atoms with Crippen LogP contribution >= 0.6 is 0 Å². The molecule has 2 amide bonds. The standard InChI is InChI=1S/C31H31N3O4/c1-34(30(36)25-18-24(25)21-12-6-3-7-13-21)28(16-20-10-4-2-5-11-20)29(35)33-27(31(37)38)17-22-19-32-26-15-9-8-14-23(22)26/h2-15,19,24-25,27-28,32H,16-18H2,1H3,(H,33,35)(H,37,38)/t24-,25+,27-,28-/m0/s1. The van der Waals surface area contributed by atoms with E-state index in [2.05, 4.69) is 10.3 Å². The zero-order chi connectivity index (χ0) is 26.6. The average Bonchev–Trinajstić information content (AvgIpc) is 3.65. The molecule has 7 heteroatoms. The van der Waals surface area contributed by atoms with Gasteiger partial charge >= 0.3 is 5.97 Å². The van der Waals surface area contributed by atoms with Gasteiger partial charge in [-0.3, -0.25) is 9.59 Å². The van der Waals surface area contributed by atoms with Crippen LogP contribution in [0.3, 0.4) is 0 Å². The van der Waals surface area contributed by atoms with E-state index >= 15 is 0 Å². The van der Waals surface area contributed by atoms with Crippen LogP contribution in [0.1, 0.15) is 29.0 Å². The summed E-state index contributed by atoms with van der Waals surface area (Å²) in [7, 11) is 1.64. The molecule has 0 spiro atoms. The molecule has 0 radical (unpaired) electrons. The number of benzene rings is 3. The molecule has 4 atom stereocenters. The lowest BCUT2D eigenvalue weighted by atomic mass is 10.0. The zero-order valence-corrected chi connectivity index (χ0v) is 21.2. The summed E-state index contributed by atoms with van der Waals surface area (Å²) in [6.45, 7) is 0.